The minimum absolute atomic E-state index is 0.00439. The zero-order valence-corrected chi connectivity index (χ0v) is 10.5. The van der Waals surface area contributed by atoms with Crippen molar-refractivity contribution in [2.75, 3.05) is 26.2 Å². The summed E-state index contributed by atoms with van der Waals surface area (Å²) < 4.78 is 5.38. The molecular formula is C14H20N2O2. The molecule has 4 heteroatoms. The molecule has 1 atom stereocenters. The molecule has 0 saturated carbocycles. The molecule has 1 aliphatic rings. The van der Waals surface area contributed by atoms with Crippen molar-refractivity contribution < 1.29 is 9.53 Å². The van der Waals surface area contributed by atoms with E-state index in [9.17, 15) is 4.79 Å². The molecule has 1 aromatic carbocycles. The second kappa shape index (κ2) is 7.13. The Morgan fingerprint density at radius 1 is 1.39 bits per heavy atom. The number of carbonyl (C=O) groups is 1. The average molecular weight is 248 g/mol. The van der Waals surface area contributed by atoms with Crippen molar-refractivity contribution >= 4 is 5.91 Å². The van der Waals surface area contributed by atoms with E-state index < -0.39 is 0 Å². The number of hydrogen-bond donors (Lipinski definition) is 2. The van der Waals surface area contributed by atoms with Crippen LogP contribution in [0.3, 0.4) is 0 Å². The monoisotopic (exact) mass is 248 g/mol. The van der Waals surface area contributed by atoms with Crippen LogP contribution in [0.2, 0.25) is 0 Å². The first-order valence-electron chi connectivity index (χ1n) is 6.50. The molecule has 1 saturated heterocycles. The largest absolute Gasteiger partial charge is 0.366 e. The highest BCUT2D eigenvalue weighted by Gasteiger charge is 2.20. The van der Waals surface area contributed by atoms with Crippen LogP contribution in [-0.4, -0.2) is 38.3 Å². The fourth-order valence-electron chi connectivity index (χ4n) is 2.00. The van der Waals surface area contributed by atoms with Crippen molar-refractivity contribution in [2.45, 2.75) is 18.9 Å². The van der Waals surface area contributed by atoms with E-state index in [4.69, 9.17) is 4.74 Å². The van der Waals surface area contributed by atoms with E-state index in [-0.39, 0.29) is 12.0 Å². The predicted octanol–water partition coefficient (Wildman–Crippen LogP) is 0.724. The Kier molecular flexibility index (Phi) is 5.17. The number of hydrogen-bond acceptors (Lipinski definition) is 3. The van der Waals surface area contributed by atoms with Crippen LogP contribution < -0.4 is 10.6 Å². The van der Waals surface area contributed by atoms with Crippen LogP contribution in [-0.2, 0) is 16.0 Å². The SMILES string of the molecule is O=C(NCCCc1ccccc1)[C@H]1CNCCO1. The third kappa shape index (κ3) is 4.13. The van der Waals surface area contributed by atoms with Gasteiger partial charge in [0.2, 0.25) is 5.91 Å². The van der Waals surface area contributed by atoms with Gasteiger partial charge in [0.15, 0.2) is 0 Å². The molecule has 4 nitrogen and oxygen atoms in total. The van der Waals surface area contributed by atoms with Gasteiger partial charge in [-0.05, 0) is 18.4 Å². The fourth-order valence-corrected chi connectivity index (χ4v) is 2.00. The Morgan fingerprint density at radius 2 is 2.22 bits per heavy atom. The Morgan fingerprint density at radius 3 is 2.94 bits per heavy atom. The smallest absolute Gasteiger partial charge is 0.250 e. The second-order valence-electron chi connectivity index (χ2n) is 4.44. The first-order chi connectivity index (χ1) is 8.86. The summed E-state index contributed by atoms with van der Waals surface area (Å²) in [4.78, 5) is 11.7. The van der Waals surface area contributed by atoms with E-state index in [1.807, 2.05) is 18.2 Å². The van der Waals surface area contributed by atoms with Crippen LogP contribution in [0.4, 0.5) is 0 Å². The van der Waals surface area contributed by atoms with Gasteiger partial charge < -0.3 is 15.4 Å². The molecule has 1 heterocycles. The number of ether oxygens (including phenoxy) is 1. The number of benzene rings is 1. The zero-order chi connectivity index (χ0) is 12.6. The van der Waals surface area contributed by atoms with Crippen molar-refractivity contribution in [3.63, 3.8) is 0 Å². The number of amides is 1. The highest BCUT2D eigenvalue weighted by Crippen LogP contribution is 2.02. The van der Waals surface area contributed by atoms with Crippen LogP contribution in [0.1, 0.15) is 12.0 Å². The molecule has 2 N–H and O–H groups in total. The molecule has 0 unspecified atom stereocenters. The molecule has 1 aromatic rings. The molecule has 1 amide bonds. The van der Waals surface area contributed by atoms with E-state index in [2.05, 4.69) is 22.8 Å². The average Bonchev–Trinajstić information content (AvgIpc) is 2.45. The summed E-state index contributed by atoms with van der Waals surface area (Å²) in [7, 11) is 0. The van der Waals surface area contributed by atoms with Gasteiger partial charge in [-0.1, -0.05) is 30.3 Å². The Bertz CT molecular complexity index is 361. The number of carbonyl (C=O) groups excluding carboxylic acids is 1. The van der Waals surface area contributed by atoms with Gasteiger partial charge in [-0.15, -0.1) is 0 Å². The van der Waals surface area contributed by atoms with E-state index in [0.29, 0.717) is 19.7 Å². The van der Waals surface area contributed by atoms with Gasteiger partial charge in [-0.25, -0.2) is 0 Å². The normalized spacial score (nSPS) is 19.4. The van der Waals surface area contributed by atoms with E-state index in [1.54, 1.807) is 0 Å². The zero-order valence-electron chi connectivity index (χ0n) is 10.5. The van der Waals surface area contributed by atoms with Gasteiger partial charge >= 0.3 is 0 Å². The van der Waals surface area contributed by atoms with Crippen molar-refractivity contribution in [1.29, 1.82) is 0 Å². The molecule has 1 aliphatic heterocycles. The minimum atomic E-state index is -0.324. The molecule has 0 aromatic heterocycles. The highest BCUT2D eigenvalue weighted by atomic mass is 16.5. The van der Waals surface area contributed by atoms with E-state index in [0.717, 1.165) is 19.4 Å². The van der Waals surface area contributed by atoms with Gasteiger partial charge in [0, 0.05) is 19.6 Å². The van der Waals surface area contributed by atoms with Crippen molar-refractivity contribution in [3.05, 3.63) is 35.9 Å². The van der Waals surface area contributed by atoms with E-state index in [1.165, 1.54) is 5.56 Å². The lowest BCUT2D eigenvalue weighted by atomic mass is 10.1. The summed E-state index contributed by atoms with van der Waals surface area (Å²) in [5.74, 6) is -0.00439. The maximum atomic E-state index is 11.7. The first kappa shape index (κ1) is 13.1. The van der Waals surface area contributed by atoms with Crippen LogP contribution >= 0.6 is 0 Å². The topological polar surface area (TPSA) is 50.4 Å². The van der Waals surface area contributed by atoms with Gasteiger partial charge in [0.25, 0.3) is 0 Å². The summed E-state index contributed by atoms with van der Waals surface area (Å²) in [5.41, 5.74) is 1.31. The molecule has 18 heavy (non-hydrogen) atoms. The van der Waals surface area contributed by atoms with Crippen LogP contribution in [0.25, 0.3) is 0 Å². The quantitative estimate of drug-likeness (QED) is 0.755. The van der Waals surface area contributed by atoms with Gasteiger partial charge in [-0.2, -0.15) is 0 Å². The molecule has 0 radical (unpaired) electrons. The molecule has 0 aliphatic carbocycles. The number of rotatable bonds is 5. The molecule has 1 fully saturated rings. The Hall–Kier alpha value is -1.39. The van der Waals surface area contributed by atoms with Crippen LogP contribution in [0.5, 0.6) is 0 Å². The fraction of sp³-hybridized carbons (Fsp3) is 0.500. The molecule has 2 rings (SSSR count). The molecule has 98 valence electrons. The first-order valence-corrected chi connectivity index (χ1v) is 6.50. The van der Waals surface area contributed by atoms with Gasteiger partial charge in [0.05, 0.1) is 6.61 Å². The third-order valence-corrected chi connectivity index (χ3v) is 3.00. The molecule has 0 spiro atoms. The summed E-state index contributed by atoms with van der Waals surface area (Å²) in [6.45, 7) is 2.76. The van der Waals surface area contributed by atoms with Gasteiger partial charge in [-0.3, -0.25) is 4.79 Å². The summed E-state index contributed by atoms with van der Waals surface area (Å²) in [6.07, 6.45) is 1.62. The lowest BCUT2D eigenvalue weighted by molar-refractivity contribution is -0.134. The number of morpholine rings is 1. The summed E-state index contributed by atoms with van der Waals surface area (Å²) >= 11 is 0. The number of aryl methyl sites for hydroxylation is 1. The maximum Gasteiger partial charge on any atom is 0.250 e. The van der Waals surface area contributed by atoms with Gasteiger partial charge in [0.1, 0.15) is 6.10 Å². The second-order valence-corrected chi connectivity index (χ2v) is 4.44. The van der Waals surface area contributed by atoms with Crippen LogP contribution in [0, 0.1) is 0 Å². The Balaban J connectivity index is 1.61. The van der Waals surface area contributed by atoms with Crippen molar-refractivity contribution in [1.82, 2.24) is 10.6 Å². The lowest BCUT2D eigenvalue weighted by Gasteiger charge is -2.22. The van der Waals surface area contributed by atoms with E-state index >= 15 is 0 Å². The number of nitrogens with one attached hydrogen (secondary N) is 2. The summed E-state index contributed by atoms with van der Waals surface area (Å²) in [6, 6.07) is 10.3. The highest BCUT2D eigenvalue weighted by molar-refractivity contribution is 5.81. The predicted molar refractivity (Wildman–Crippen MR) is 70.4 cm³/mol. The van der Waals surface area contributed by atoms with Crippen molar-refractivity contribution in [2.24, 2.45) is 0 Å². The van der Waals surface area contributed by atoms with Crippen molar-refractivity contribution in [3.8, 4) is 0 Å². The van der Waals surface area contributed by atoms with Crippen LogP contribution in [0.15, 0.2) is 30.3 Å². The molecule has 0 bridgehead atoms. The Labute approximate surface area is 108 Å². The molecular weight excluding hydrogens is 228 g/mol. The lowest BCUT2D eigenvalue weighted by Crippen LogP contribution is -2.48. The standard InChI is InChI=1S/C14H20N2O2/c17-14(13-11-15-9-10-18-13)16-8-4-7-12-5-2-1-3-6-12/h1-3,5-6,13,15H,4,7-11H2,(H,16,17)/t13-/m1/s1. The maximum absolute atomic E-state index is 11.7. The minimum Gasteiger partial charge on any atom is -0.366 e. The third-order valence-electron chi connectivity index (χ3n) is 3.00. The summed E-state index contributed by atoms with van der Waals surface area (Å²) in [5, 5.41) is 6.06.